The molecule has 1 atom stereocenters. The molecule has 0 aliphatic carbocycles. The number of amides is 1. The van der Waals surface area contributed by atoms with E-state index in [1.165, 1.54) is 0 Å². The van der Waals surface area contributed by atoms with Gasteiger partial charge >= 0.3 is 0 Å². The molecule has 128 valence electrons. The molecule has 1 amide bonds. The third-order valence-electron chi connectivity index (χ3n) is 3.78. The summed E-state index contributed by atoms with van der Waals surface area (Å²) in [5.41, 5.74) is 2.06. The summed E-state index contributed by atoms with van der Waals surface area (Å²) in [7, 11) is 3.53. The minimum Gasteiger partial charge on any atom is -0.496 e. The number of halogens is 1. The first-order chi connectivity index (χ1) is 11.7. The van der Waals surface area contributed by atoms with Crippen molar-refractivity contribution in [3.8, 4) is 5.75 Å². The molecule has 2 N–H and O–H groups in total. The van der Waals surface area contributed by atoms with Crippen LogP contribution in [0.1, 0.15) is 30.0 Å². The minimum atomic E-state index is -0.185. The molecule has 2 aromatic carbocycles. The number of rotatable bonds is 8. The van der Waals surface area contributed by atoms with Gasteiger partial charge in [-0.05, 0) is 59.2 Å². The molecule has 0 fully saturated rings. The Bertz CT molecular complexity index is 662. The fourth-order valence-electron chi connectivity index (χ4n) is 2.53. The van der Waals surface area contributed by atoms with E-state index in [0.29, 0.717) is 6.42 Å². The largest absolute Gasteiger partial charge is 0.496 e. The summed E-state index contributed by atoms with van der Waals surface area (Å²) in [6.07, 6.45) is 1.32. The Morgan fingerprint density at radius 3 is 2.54 bits per heavy atom. The van der Waals surface area contributed by atoms with E-state index in [2.05, 4.69) is 26.6 Å². The van der Waals surface area contributed by atoms with Crippen LogP contribution in [-0.2, 0) is 4.79 Å². The Hall–Kier alpha value is -1.85. The molecule has 4 nitrogen and oxygen atoms in total. The fraction of sp³-hybridized carbons (Fsp3) is 0.316. The van der Waals surface area contributed by atoms with Gasteiger partial charge in [0, 0.05) is 6.42 Å². The van der Waals surface area contributed by atoms with Gasteiger partial charge in [0.15, 0.2) is 0 Å². The van der Waals surface area contributed by atoms with Gasteiger partial charge in [-0.3, -0.25) is 4.79 Å². The quantitative estimate of drug-likeness (QED) is 0.676. The van der Waals surface area contributed by atoms with Crippen LogP contribution in [0.3, 0.4) is 0 Å². The maximum atomic E-state index is 12.3. The number of carbonyl (C=O) groups excluding carboxylic acids is 1. The summed E-state index contributed by atoms with van der Waals surface area (Å²) in [4.78, 5) is 12.3. The molecule has 1 unspecified atom stereocenters. The van der Waals surface area contributed by atoms with Crippen molar-refractivity contribution in [3.05, 3.63) is 64.1 Å². The van der Waals surface area contributed by atoms with Crippen molar-refractivity contribution in [1.82, 2.24) is 10.6 Å². The van der Waals surface area contributed by atoms with Crippen LogP contribution in [0, 0.1) is 0 Å². The lowest BCUT2D eigenvalue weighted by Gasteiger charge is -2.21. The second-order valence-corrected chi connectivity index (χ2v) is 6.37. The number of ether oxygens (including phenoxy) is 1. The molecule has 0 aliphatic heterocycles. The van der Waals surface area contributed by atoms with Crippen molar-refractivity contribution in [2.45, 2.75) is 18.9 Å². The average molecular weight is 391 g/mol. The zero-order valence-corrected chi connectivity index (χ0v) is 15.6. The van der Waals surface area contributed by atoms with Crippen LogP contribution < -0.4 is 15.4 Å². The molecule has 0 aliphatic rings. The van der Waals surface area contributed by atoms with Crippen LogP contribution in [0.4, 0.5) is 0 Å². The van der Waals surface area contributed by atoms with E-state index in [1.54, 1.807) is 7.11 Å². The van der Waals surface area contributed by atoms with Crippen LogP contribution in [-0.4, -0.2) is 26.6 Å². The monoisotopic (exact) mass is 390 g/mol. The van der Waals surface area contributed by atoms with Gasteiger partial charge in [-0.15, -0.1) is 0 Å². The molecule has 2 aromatic rings. The van der Waals surface area contributed by atoms with E-state index >= 15 is 0 Å². The van der Waals surface area contributed by atoms with E-state index in [1.807, 2.05) is 55.6 Å². The molecule has 0 radical (unpaired) electrons. The van der Waals surface area contributed by atoms with Crippen LogP contribution in [0.25, 0.3) is 0 Å². The maximum absolute atomic E-state index is 12.3. The Kier molecular flexibility index (Phi) is 7.28. The van der Waals surface area contributed by atoms with Crippen LogP contribution in [0.5, 0.6) is 5.75 Å². The van der Waals surface area contributed by atoms with Crippen molar-refractivity contribution in [2.24, 2.45) is 0 Å². The first kappa shape index (κ1) is 18.5. The standard InChI is InChI=1S/C19H23BrN2O2/c1-21-12-6-9-18(23)22-19(14-7-4-3-5-8-14)15-10-11-17(24-2)16(20)13-15/h3-5,7-8,10-11,13,19,21H,6,9,12H2,1-2H3,(H,22,23). The Labute approximate surface area is 151 Å². The molecule has 0 saturated carbocycles. The van der Waals surface area contributed by atoms with Gasteiger partial charge < -0.3 is 15.4 Å². The van der Waals surface area contributed by atoms with Gasteiger partial charge in [0.05, 0.1) is 17.6 Å². The smallest absolute Gasteiger partial charge is 0.220 e. The van der Waals surface area contributed by atoms with E-state index in [9.17, 15) is 4.79 Å². The SMILES string of the molecule is CNCCCC(=O)NC(c1ccccc1)c1ccc(OC)c(Br)c1. The van der Waals surface area contributed by atoms with Gasteiger partial charge in [-0.1, -0.05) is 36.4 Å². The van der Waals surface area contributed by atoms with Gasteiger partial charge in [0.1, 0.15) is 5.75 Å². The van der Waals surface area contributed by atoms with Crippen LogP contribution >= 0.6 is 15.9 Å². The molecule has 0 spiro atoms. The molecular formula is C19H23BrN2O2. The molecule has 0 bridgehead atoms. The van der Waals surface area contributed by atoms with Gasteiger partial charge in [0.2, 0.25) is 5.91 Å². The minimum absolute atomic E-state index is 0.0473. The second-order valence-electron chi connectivity index (χ2n) is 5.51. The molecule has 0 aromatic heterocycles. The summed E-state index contributed by atoms with van der Waals surface area (Å²) in [6.45, 7) is 0.831. The third kappa shape index (κ3) is 5.08. The molecule has 5 heteroatoms. The highest BCUT2D eigenvalue weighted by Crippen LogP contribution is 2.30. The van der Waals surface area contributed by atoms with Crippen molar-refractivity contribution in [1.29, 1.82) is 0 Å². The van der Waals surface area contributed by atoms with E-state index in [0.717, 1.165) is 34.3 Å². The van der Waals surface area contributed by atoms with Crippen molar-refractivity contribution < 1.29 is 9.53 Å². The summed E-state index contributed by atoms with van der Waals surface area (Å²) >= 11 is 3.52. The van der Waals surface area contributed by atoms with Gasteiger partial charge in [0.25, 0.3) is 0 Å². The normalized spacial score (nSPS) is 11.8. The van der Waals surface area contributed by atoms with Crippen molar-refractivity contribution in [2.75, 3.05) is 20.7 Å². The number of nitrogens with one attached hydrogen (secondary N) is 2. The molecule has 24 heavy (non-hydrogen) atoms. The number of hydrogen-bond acceptors (Lipinski definition) is 3. The Morgan fingerprint density at radius 1 is 1.17 bits per heavy atom. The Morgan fingerprint density at radius 2 is 1.92 bits per heavy atom. The highest BCUT2D eigenvalue weighted by Gasteiger charge is 2.17. The van der Waals surface area contributed by atoms with Gasteiger partial charge in [-0.25, -0.2) is 0 Å². The van der Waals surface area contributed by atoms with Crippen molar-refractivity contribution in [3.63, 3.8) is 0 Å². The number of benzene rings is 2. The zero-order chi connectivity index (χ0) is 17.4. The highest BCUT2D eigenvalue weighted by atomic mass is 79.9. The molecular weight excluding hydrogens is 368 g/mol. The summed E-state index contributed by atoms with van der Waals surface area (Å²) < 4.78 is 6.16. The number of carbonyl (C=O) groups is 1. The molecule has 0 saturated heterocycles. The van der Waals surface area contributed by atoms with Gasteiger partial charge in [-0.2, -0.15) is 0 Å². The first-order valence-electron chi connectivity index (χ1n) is 7.98. The van der Waals surface area contributed by atoms with E-state index < -0.39 is 0 Å². The van der Waals surface area contributed by atoms with E-state index in [-0.39, 0.29) is 11.9 Å². The fourth-order valence-corrected chi connectivity index (χ4v) is 3.08. The van der Waals surface area contributed by atoms with Crippen LogP contribution in [0.15, 0.2) is 53.0 Å². The summed E-state index contributed by atoms with van der Waals surface area (Å²) in [5, 5.41) is 6.20. The average Bonchev–Trinajstić information content (AvgIpc) is 2.60. The second kappa shape index (κ2) is 9.45. The maximum Gasteiger partial charge on any atom is 0.220 e. The number of hydrogen-bond donors (Lipinski definition) is 2. The molecule has 0 heterocycles. The predicted octanol–water partition coefficient (Wildman–Crippen LogP) is 3.66. The summed E-state index contributed by atoms with van der Waals surface area (Å²) in [6, 6.07) is 15.7. The third-order valence-corrected chi connectivity index (χ3v) is 4.40. The predicted molar refractivity (Wildman–Crippen MR) is 100 cm³/mol. The molecule has 2 rings (SSSR count). The summed E-state index contributed by atoms with van der Waals surface area (Å²) in [5.74, 6) is 0.817. The lowest BCUT2D eigenvalue weighted by atomic mass is 9.98. The topological polar surface area (TPSA) is 50.4 Å². The zero-order valence-electron chi connectivity index (χ0n) is 14.0. The Balaban J connectivity index is 2.23. The van der Waals surface area contributed by atoms with Crippen molar-refractivity contribution >= 4 is 21.8 Å². The lowest BCUT2D eigenvalue weighted by Crippen LogP contribution is -2.29. The van der Waals surface area contributed by atoms with Crippen LogP contribution in [0.2, 0.25) is 0 Å². The number of methoxy groups -OCH3 is 1. The first-order valence-corrected chi connectivity index (χ1v) is 8.77. The lowest BCUT2D eigenvalue weighted by molar-refractivity contribution is -0.121. The highest BCUT2D eigenvalue weighted by molar-refractivity contribution is 9.10. The van der Waals surface area contributed by atoms with E-state index in [4.69, 9.17) is 4.74 Å².